The number of rotatable bonds is 1. The molecule has 72 valence electrons. The summed E-state index contributed by atoms with van der Waals surface area (Å²) < 4.78 is 4.25. The zero-order valence-electron chi connectivity index (χ0n) is 6.17. The van der Waals surface area contributed by atoms with E-state index in [0.29, 0.717) is 0 Å². The van der Waals surface area contributed by atoms with Gasteiger partial charge in [0.2, 0.25) is 0 Å². The van der Waals surface area contributed by atoms with Crippen LogP contribution in [0.4, 0.5) is 0 Å². The summed E-state index contributed by atoms with van der Waals surface area (Å²) in [6.45, 7) is -0.418. The summed E-state index contributed by atoms with van der Waals surface area (Å²) >= 11 is 1.78. The van der Waals surface area contributed by atoms with Crippen LogP contribution in [0.25, 0.3) is 0 Å². The molecule has 12 heavy (non-hydrogen) atoms. The molecule has 6 heteroatoms. The second-order valence-electron chi connectivity index (χ2n) is 2.67. The van der Waals surface area contributed by atoms with Crippen LogP contribution < -0.4 is 0 Å². The van der Waals surface area contributed by atoms with Crippen LogP contribution in [0.1, 0.15) is 0 Å². The van der Waals surface area contributed by atoms with Gasteiger partial charge < -0.3 is 25.2 Å². The van der Waals surface area contributed by atoms with Gasteiger partial charge in [-0.1, -0.05) is 22.6 Å². The average Bonchev–Trinajstić information content (AvgIpc) is 2.08. The second kappa shape index (κ2) is 4.16. The van der Waals surface area contributed by atoms with E-state index >= 15 is 0 Å². The lowest BCUT2D eigenvalue weighted by atomic mass is 10.0. The highest BCUT2D eigenvalue weighted by atomic mass is 127. The maximum Gasteiger partial charge on any atom is 0.169 e. The zero-order chi connectivity index (χ0) is 9.30. The Bertz CT molecular complexity index is 150. The highest BCUT2D eigenvalue weighted by molar-refractivity contribution is 14.1. The van der Waals surface area contributed by atoms with Crippen LogP contribution in [0, 0.1) is 0 Å². The van der Waals surface area contributed by atoms with Gasteiger partial charge in [-0.2, -0.15) is 0 Å². The highest BCUT2D eigenvalue weighted by Crippen LogP contribution is 2.24. The Morgan fingerprint density at radius 3 is 2.25 bits per heavy atom. The van der Waals surface area contributed by atoms with Gasteiger partial charge in [-0.15, -0.1) is 0 Å². The standard InChI is InChI=1S/C6H11IO5/c7-3-5(10)4(9)2(1-8)12-6(3)11/h2-6,8-11H,1H2/t2-,3-,4-,5-,6+/m1/s1. The van der Waals surface area contributed by atoms with Gasteiger partial charge in [0.1, 0.15) is 12.2 Å². The maximum absolute atomic E-state index is 9.31. The Hall–Kier alpha value is 0.530. The molecule has 0 bridgehead atoms. The Morgan fingerprint density at radius 1 is 1.17 bits per heavy atom. The molecule has 0 aromatic rings. The molecule has 1 fully saturated rings. The minimum Gasteiger partial charge on any atom is -0.394 e. The predicted octanol–water partition coefficient (Wildman–Crippen LogP) is -1.78. The molecule has 0 unspecified atom stereocenters. The van der Waals surface area contributed by atoms with Crippen molar-refractivity contribution in [3.05, 3.63) is 0 Å². The first-order valence-corrected chi connectivity index (χ1v) is 4.77. The first kappa shape index (κ1) is 10.6. The summed E-state index contributed by atoms with van der Waals surface area (Å²) in [6.07, 6.45) is -4.24. The molecule has 0 radical (unpaired) electrons. The van der Waals surface area contributed by atoms with E-state index < -0.39 is 35.1 Å². The average molecular weight is 290 g/mol. The summed E-state index contributed by atoms with van der Waals surface area (Å²) in [5.41, 5.74) is 0. The smallest absolute Gasteiger partial charge is 0.169 e. The number of hydrogen-bond acceptors (Lipinski definition) is 5. The van der Waals surface area contributed by atoms with Crippen molar-refractivity contribution in [2.75, 3.05) is 6.61 Å². The molecule has 1 saturated heterocycles. The molecule has 4 N–H and O–H groups in total. The van der Waals surface area contributed by atoms with Crippen molar-refractivity contribution in [2.45, 2.75) is 28.5 Å². The summed E-state index contributed by atoms with van der Waals surface area (Å²) in [7, 11) is 0. The van der Waals surface area contributed by atoms with Gasteiger partial charge >= 0.3 is 0 Å². The van der Waals surface area contributed by atoms with E-state index in [4.69, 9.17) is 14.9 Å². The number of aliphatic hydroxyl groups is 4. The molecule has 5 atom stereocenters. The first-order valence-electron chi connectivity index (χ1n) is 3.52. The van der Waals surface area contributed by atoms with Gasteiger partial charge in [-0.25, -0.2) is 0 Å². The fourth-order valence-corrected chi connectivity index (χ4v) is 1.66. The lowest BCUT2D eigenvalue weighted by molar-refractivity contribution is -0.231. The predicted molar refractivity (Wildman–Crippen MR) is 47.8 cm³/mol. The number of halogens is 1. The highest BCUT2D eigenvalue weighted by Gasteiger charge is 2.41. The summed E-state index contributed by atoms with van der Waals surface area (Å²) in [4.78, 5) is 0. The Labute approximate surface area is 83.1 Å². The van der Waals surface area contributed by atoms with Crippen molar-refractivity contribution < 1.29 is 25.2 Å². The van der Waals surface area contributed by atoms with Crippen LogP contribution in [0.3, 0.4) is 0 Å². The quantitative estimate of drug-likeness (QED) is 0.339. The van der Waals surface area contributed by atoms with Crippen LogP contribution in [0.15, 0.2) is 0 Å². The van der Waals surface area contributed by atoms with E-state index in [1.807, 2.05) is 0 Å². The van der Waals surface area contributed by atoms with E-state index in [2.05, 4.69) is 0 Å². The van der Waals surface area contributed by atoms with Gasteiger partial charge in [-0.3, -0.25) is 0 Å². The largest absolute Gasteiger partial charge is 0.394 e. The van der Waals surface area contributed by atoms with Crippen LogP contribution in [-0.2, 0) is 4.74 Å². The molecule has 1 rings (SSSR count). The topological polar surface area (TPSA) is 90.2 Å². The molecule has 0 aromatic carbocycles. The van der Waals surface area contributed by atoms with Crippen molar-refractivity contribution in [3.8, 4) is 0 Å². The molecular formula is C6H11IO5. The summed E-state index contributed by atoms with van der Waals surface area (Å²) in [5, 5.41) is 36.4. The van der Waals surface area contributed by atoms with Crippen molar-refractivity contribution in [1.82, 2.24) is 0 Å². The van der Waals surface area contributed by atoms with E-state index in [1.165, 1.54) is 0 Å². The van der Waals surface area contributed by atoms with E-state index in [-0.39, 0.29) is 0 Å². The molecule has 1 heterocycles. The maximum atomic E-state index is 9.31. The van der Waals surface area contributed by atoms with E-state index in [1.54, 1.807) is 22.6 Å². The molecule has 0 saturated carbocycles. The van der Waals surface area contributed by atoms with Crippen molar-refractivity contribution in [3.63, 3.8) is 0 Å². The molecule has 0 amide bonds. The van der Waals surface area contributed by atoms with Gasteiger partial charge in [-0.05, 0) is 0 Å². The van der Waals surface area contributed by atoms with Crippen LogP contribution in [-0.4, -0.2) is 55.6 Å². The van der Waals surface area contributed by atoms with Gasteiger partial charge in [0.25, 0.3) is 0 Å². The van der Waals surface area contributed by atoms with Crippen molar-refractivity contribution in [1.29, 1.82) is 0 Å². The summed E-state index contributed by atoms with van der Waals surface area (Å²) in [5.74, 6) is 0. The van der Waals surface area contributed by atoms with Crippen LogP contribution in [0.5, 0.6) is 0 Å². The fourth-order valence-electron chi connectivity index (χ4n) is 1.06. The van der Waals surface area contributed by atoms with Crippen molar-refractivity contribution in [2.24, 2.45) is 0 Å². The van der Waals surface area contributed by atoms with Crippen molar-refractivity contribution >= 4 is 22.6 Å². The molecule has 0 aromatic heterocycles. The second-order valence-corrected chi connectivity index (χ2v) is 4.11. The number of alkyl halides is 1. The third-order valence-corrected chi connectivity index (χ3v) is 3.18. The van der Waals surface area contributed by atoms with Crippen LogP contribution >= 0.6 is 22.6 Å². The molecule has 1 aliphatic rings. The normalized spacial score (nSPS) is 49.2. The minimum absolute atomic E-state index is 0.418. The number of aliphatic hydroxyl groups excluding tert-OH is 4. The summed E-state index contributed by atoms with van der Waals surface area (Å²) in [6, 6.07) is 0. The lowest BCUT2D eigenvalue weighted by Crippen LogP contribution is -2.56. The third kappa shape index (κ3) is 1.88. The SMILES string of the molecule is OC[C@H]1O[C@H](O)[C@H](I)[C@@H](O)[C@@H]1O. The monoisotopic (exact) mass is 290 g/mol. The van der Waals surface area contributed by atoms with Gasteiger partial charge in [0.15, 0.2) is 6.29 Å². The first-order chi connectivity index (χ1) is 5.57. The van der Waals surface area contributed by atoms with E-state index in [0.717, 1.165) is 0 Å². The number of hydrogen-bond donors (Lipinski definition) is 4. The van der Waals surface area contributed by atoms with Crippen LogP contribution in [0.2, 0.25) is 0 Å². The zero-order valence-corrected chi connectivity index (χ0v) is 8.33. The molecule has 1 aliphatic heterocycles. The van der Waals surface area contributed by atoms with Gasteiger partial charge in [0, 0.05) is 0 Å². The molecule has 0 aliphatic carbocycles. The fraction of sp³-hybridized carbons (Fsp3) is 1.00. The lowest BCUT2D eigenvalue weighted by Gasteiger charge is -2.37. The van der Waals surface area contributed by atoms with Gasteiger partial charge in [0.05, 0.1) is 16.6 Å². The van der Waals surface area contributed by atoms with E-state index in [9.17, 15) is 10.2 Å². The Morgan fingerprint density at radius 2 is 1.75 bits per heavy atom. The molecular weight excluding hydrogens is 279 g/mol. The minimum atomic E-state index is -1.14. The molecule has 0 spiro atoms. The molecule has 5 nitrogen and oxygen atoms in total. The Kier molecular flexibility index (Phi) is 3.68. The third-order valence-electron chi connectivity index (χ3n) is 1.82. The number of ether oxygens (including phenoxy) is 1. The Balaban J connectivity index is 2.63.